The van der Waals surface area contributed by atoms with Crippen LogP contribution in [0.25, 0.3) is 22.2 Å². The van der Waals surface area contributed by atoms with Crippen molar-refractivity contribution in [2.45, 2.75) is 25.8 Å². The number of hydrogen-bond donors (Lipinski definition) is 1. The van der Waals surface area contributed by atoms with Crippen molar-refractivity contribution in [3.8, 4) is 11.3 Å². The Morgan fingerprint density at radius 1 is 1.06 bits per heavy atom. The number of thiazole rings is 1. The molecule has 1 N–H and O–H groups in total. The van der Waals surface area contributed by atoms with E-state index in [0.29, 0.717) is 35.1 Å². The topological polar surface area (TPSA) is 92.5 Å². The number of carbonyl (C=O) groups is 2. The lowest BCUT2D eigenvalue weighted by molar-refractivity contribution is -0.133. The van der Waals surface area contributed by atoms with E-state index in [0.717, 1.165) is 17.4 Å². The Bertz CT molecular complexity index is 1410. The summed E-state index contributed by atoms with van der Waals surface area (Å²) in [5, 5.41) is 5.60. The Morgan fingerprint density at radius 3 is 2.73 bits per heavy atom. The van der Waals surface area contributed by atoms with Gasteiger partial charge in [0.1, 0.15) is 5.58 Å². The standard InChI is InChI=1S/C25H21N3O4S/c29-22(9-10-23(30)28-12-11-16-5-1-2-7-18(16)14-28)27-25-26-20(15-33-25)19-13-17-6-3-4-8-21(17)32-24(19)31/h1-8,13,15H,9-12,14H2,(H,26,27,29). The number of fused-ring (bicyclic) bond motifs is 2. The number of nitrogens with one attached hydrogen (secondary N) is 1. The quantitative estimate of drug-likeness (QED) is 0.451. The molecular formula is C25H21N3O4S. The van der Waals surface area contributed by atoms with E-state index in [1.54, 1.807) is 28.5 Å². The van der Waals surface area contributed by atoms with Crippen molar-refractivity contribution in [3.63, 3.8) is 0 Å². The van der Waals surface area contributed by atoms with Gasteiger partial charge in [-0.3, -0.25) is 9.59 Å². The van der Waals surface area contributed by atoms with E-state index in [2.05, 4.69) is 16.4 Å². The van der Waals surface area contributed by atoms with Crippen molar-refractivity contribution in [2.75, 3.05) is 11.9 Å². The van der Waals surface area contributed by atoms with Crippen LogP contribution >= 0.6 is 11.3 Å². The van der Waals surface area contributed by atoms with Crippen molar-refractivity contribution in [1.29, 1.82) is 0 Å². The van der Waals surface area contributed by atoms with Crippen LogP contribution in [-0.4, -0.2) is 28.2 Å². The molecule has 166 valence electrons. The lowest BCUT2D eigenvalue weighted by Gasteiger charge is -2.28. The molecule has 0 bridgehead atoms. The monoisotopic (exact) mass is 459 g/mol. The number of benzene rings is 2. The molecule has 0 aliphatic carbocycles. The molecule has 0 saturated heterocycles. The number of rotatable bonds is 5. The highest BCUT2D eigenvalue weighted by Crippen LogP contribution is 2.25. The first-order valence-corrected chi connectivity index (χ1v) is 11.6. The molecule has 33 heavy (non-hydrogen) atoms. The third-order valence-corrected chi connectivity index (χ3v) is 6.47. The lowest BCUT2D eigenvalue weighted by Crippen LogP contribution is -2.36. The number of anilines is 1. The fourth-order valence-corrected chi connectivity index (χ4v) is 4.69. The minimum absolute atomic E-state index is 0.0340. The summed E-state index contributed by atoms with van der Waals surface area (Å²) in [6.45, 7) is 1.25. The second kappa shape index (κ2) is 8.99. The van der Waals surface area contributed by atoms with Crippen molar-refractivity contribution in [1.82, 2.24) is 9.88 Å². The maximum Gasteiger partial charge on any atom is 0.345 e. The minimum Gasteiger partial charge on any atom is -0.422 e. The minimum atomic E-state index is -0.481. The van der Waals surface area contributed by atoms with E-state index in [4.69, 9.17) is 4.42 Å². The molecule has 0 radical (unpaired) electrons. The molecule has 0 atom stereocenters. The summed E-state index contributed by atoms with van der Waals surface area (Å²) >= 11 is 1.22. The van der Waals surface area contributed by atoms with Gasteiger partial charge in [-0.05, 0) is 29.7 Å². The summed E-state index contributed by atoms with van der Waals surface area (Å²) in [6, 6.07) is 17.1. The van der Waals surface area contributed by atoms with E-state index >= 15 is 0 Å². The molecule has 2 aromatic heterocycles. The number of carbonyl (C=O) groups excluding carboxylic acids is 2. The van der Waals surface area contributed by atoms with Gasteiger partial charge in [-0.2, -0.15) is 0 Å². The molecular weight excluding hydrogens is 438 g/mol. The van der Waals surface area contributed by atoms with E-state index < -0.39 is 5.63 Å². The predicted octanol–water partition coefficient (Wildman–Crippen LogP) is 4.22. The lowest BCUT2D eigenvalue weighted by atomic mass is 9.99. The molecule has 2 aromatic carbocycles. The highest BCUT2D eigenvalue weighted by Gasteiger charge is 2.21. The summed E-state index contributed by atoms with van der Waals surface area (Å²) in [5.41, 5.74) is 3.25. The Balaban J connectivity index is 1.19. The average Bonchev–Trinajstić information content (AvgIpc) is 3.29. The van der Waals surface area contributed by atoms with Crippen LogP contribution in [0.1, 0.15) is 24.0 Å². The predicted molar refractivity (Wildman–Crippen MR) is 127 cm³/mol. The first-order valence-electron chi connectivity index (χ1n) is 10.7. The largest absolute Gasteiger partial charge is 0.422 e. The van der Waals surface area contributed by atoms with Crippen LogP contribution in [0.15, 0.2) is 69.2 Å². The molecule has 0 spiro atoms. The first-order chi connectivity index (χ1) is 16.1. The number of aromatic nitrogens is 1. The highest BCUT2D eigenvalue weighted by molar-refractivity contribution is 7.14. The van der Waals surface area contributed by atoms with Crippen LogP contribution in [0.3, 0.4) is 0 Å². The normalized spacial score (nSPS) is 13.0. The van der Waals surface area contributed by atoms with Crippen molar-refractivity contribution >= 4 is 39.3 Å². The van der Waals surface area contributed by atoms with Crippen molar-refractivity contribution < 1.29 is 14.0 Å². The SMILES string of the molecule is O=C(CCC(=O)N1CCc2ccccc2C1)Nc1nc(-c2cc3ccccc3oc2=O)cs1. The van der Waals surface area contributed by atoms with Gasteiger partial charge in [-0.1, -0.05) is 42.5 Å². The molecule has 7 nitrogen and oxygen atoms in total. The third kappa shape index (κ3) is 4.56. The van der Waals surface area contributed by atoms with Crippen LogP contribution in [0.4, 0.5) is 5.13 Å². The summed E-state index contributed by atoms with van der Waals surface area (Å²) in [5.74, 6) is -0.319. The Morgan fingerprint density at radius 2 is 1.85 bits per heavy atom. The van der Waals surface area contributed by atoms with Gasteiger partial charge in [0.2, 0.25) is 11.8 Å². The Hall–Kier alpha value is -3.78. The zero-order valence-electron chi connectivity index (χ0n) is 17.7. The fraction of sp³-hybridized carbons (Fsp3) is 0.200. The fourth-order valence-electron chi connectivity index (χ4n) is 3.96. The third-order valence-electron chi connectivity index (χ3n) is 5.72. The van der Waals surface area contributed by atoms with Gasteiger partial charge in [-0.15, -0.1) is 11.3 Å². The van der Waals surface area contributed by atoms with Crippen LogP contribution in [0, 0.1) is 0 Å². The van der Waals surface area contributed by atoms with Crippen LogP contribution in [0.5, 0.6) is 0 Å². The molecule has 1 aliphatic rings. The molecule has 8 heteroatoms. The summed E-state index contributed by atoms with van der Waals surface area (Å²) < 4.78 is 5.36. The Labute approximate surface area is 193 Å². The van der Waals surface area contributed by atoms with Crippen LogP contribution in [-0.2, 0) is 22.6 Å². The average molecular weight is 460 g/mol. The summed E-state index contributed by atoms with van der Waals surface area (Å²) in [7, 11) is 0. The summed E-state index contributed by atoms with van der Waals surface area (Å²) in [4.78, 5) is 43.5. The van der Waals surface area contributed by atoms with E-state index in [1.807, 2.05) is 30.3 Å². The van der Waals surface area contributed by atoms with Gasteiger partial charge < -0.3 is 14.6 Å². The second-order valence-corrected chi connectivity index (χ2v) is 8.76. The zero-order valence-corrected chi connectivity index (χ0v) is 18.6. The van der Waals surface area contributed by atoms with Gasteiger partial charge in [0, 0.05) is 36.7 Å². The van der Waals surface area contributed by atoms with E-state index in [9.17, 15) is 14.4 Å². The maximum atomic E-state index is 12.6. The molecule has 2 amide bonds. The number of nitrogens with zero attached hydrogens (tertiary/aromatic N) is 2. The molecule has 3 heterocycles. The highest BCUT2D eigenvalue weighted by atomic mass is 32.1. The van der Waals surface area contributed by atoms with Gasteiger partial charge in [0.05, 0.1) is 11.3 Å². The zero-order chi connectivity index (χ0) is 22.8. The molecule has 5 rings (SSSR count). The van der Waals surface area contributed by atoms with Gasteiger partial charge in [0.25, 0.3) is 0 Å². The summed E-state index contributed by atoms with van der Waals surface area (Å²) in [6.07, 6.45) is 1.04. The van der Waals surface area contributed by atoms with Crippen molar-refractivity contribution in [2.24, 2.45) is 0 Å². The van der Waals surface area contributed by atoms with Crippen molar-refractivity contribution in [3.05, 3.63) is 81.5 Å². The van der Waals surface area contributed by atoms with Gasteiger partial charge in [0.15, 0.2) is 5.13 Å². The number of amides is 2. The maximum absolute atomic E-state index is 12.6. The molecule has 1 aliphatic heterocycles. The number of para-hydroxylation sites is 1. The first kappa shape index (κ1) is 21.1. The second-order valence-electron chi connectivity index (χ2n) is 7.91. The van der Waals surface area contributed by atoms with Crippen LogP contribution < -0.4 is 10.9 Å². The number of hydrogen-bond acceptors (Lipinski definition) is 6. The van der Waals surface area contributed by atoms with Gasteiger partial charge >= 0.3 is 5.63 Å². The van der Waals surface area contributed by atoms with Gasteiger partial charge in [-0.25, -0.2) is 9.78 Å². The van der Waals surface area contributed by atoms with E-state index in [1.165, 1.54) is 16.9 Å². The van der Waals surface area contributed by atoms with E-state index in [-0.39, 0.29) is 24.7 Å². The smallest absolute Gasteiger partial charge is 0.345 e. The molecule has 0 saturated carbocycles. The van der Waals surface area contributed by atoms with Crippen LogP contribution in [0.2, 0.25) is 0 Å². The molecule has 0 fully saturated rings. The molecule has 4 aromatic rings. The molecule has 0 unspecified atom stereocenters. The Kier molecular flexibility index (Phi) is 5.75.